The Morgan fingerprint density at radius 1 is 1.53 bits per heavy atom. The number of likely N-dealkylation sites (tertiary alicyclic amines) is 1. The van der Waals surface area contributed by atoms with Gasteiger partial charge in [-0.15, -0.1) is 0 Å². The van der Waals surface area contributed by atoms with Crippen LogP contribution in [0.2, 0.25) is 0 Å². The molecule has 1 saturated heterocycles. The molecule has 19 heavy (non-hydrogen) atoms. The maximum absolute atomic E-state index is 12.1. The third-order valence-electron chi connectivity index (χ3n) is 3.23. The number of carbonyl (C=O) groups is 2. The van der Waals surface area contributed by atoms with Crippen molar-refractivity contribution in [2.24, 2.45) is 5.92 Å². The van der Waals surface area contributed by atoms with E-state index in [9.17, 15) is 9.59 Å². The van der Waals surface area contributed by atoms with Crippen LogP contribution in [-0.4, -0.2) is 46.7 Å². The van der Waals surface area contributed by atoms with Gasteiger partial charge in [-0.3, -0.25) is 14.7 Å². The van der Waals surface area contributed by atoms with Gasteiger partial charge in [0.15, 0.2) is 0 Å². The van der Waals surface area contributed by atoms with Crippen molar-refractivity contribution in [3.63, 3.8) is 0 Å². The zero-order valence-corrected chi connectivity index (χ0v) is 10.9. The largest absolute Gasteiger partial charge is 0.466 e. The first-order valence-electron chi connectivity index (χ1n) is 6.38. The molecule has 1 aliphatic rings. The van der Waals surface area contributed by atoms with Gasteiger partial charge in [0.05, 0.1) is 12.5 Å². The number of anilines is 1. The van der Waals surface area contributed by atoms with E-state index in [-0.39, 0.29) is 17.8 Å². The van der Waals surface area contributed by atoms with Gasteiger partial charge in [0.2, 0.25) is 0 Å². The highest BCUT2D eigenvalue weighted by Gasteiger charge is 2.29. The number of aromatic amines is 1. The van der Waals surface area contributed by atoms with Crippen LogP contribution in [0.5, 0.6) is 0 Å². The number of carbonyl (C=O) groups excluding carboxylic acids is 2. The molecule has 3 N–H and O–H groups in total. The number of aromatic nitrogens is 2. The molecule has 1 aromatic rings. The molecule has 1 fully saturated rings. The Kier molecular flexibility index (Phi) is 4.03. The lowest BCUT2D eigenvalue weighted by molar-refractivity contribution is -0.149. The van der Waals surface area contributed by atoms with Crippen LogP contribution in [0.25, 0.3) is 0 Å². The third-order valence-corrected chi connectivity index (χ3v) is 3.23. The zero-order valence-electron chi connectivity index (χ0n) is 10.9. The minimum atomic E-state index is -0.166. The number of H-pyrrole nitrogens is 1. The summed E-state index contributed by atoms with van der Waals surface area (Å²) in [6.07, 6.45) is 1.27. The maximum atomic E-state index is 12.1. The molecule has 1 aromatic heterocycles. The minimum Gasteiger partial charge on any atom is -0.466 e. The molecule has 0 unspecified atom stereocenters. The highest BCUT2D eigenvalue weighted by Crippen LogP contribution is 2.20. The van der Waals surface area contributed by atoms with Crippen molar-refractivity contribution in [3.05, 3.63) is 11.8 Å². The number of nitrogens with two attached hydrogens (primary N) is 1. The first kappa shape index (κ1) is 13.4. The molecule has 7 heteroatoms. The van der Waals surface area contributed by atoms with Gasteiger partial charge in [-0.05, 0) is 19.8 Å². The molecule has 0 atom stereocenters. The molecule has 0 aliphatic carbocycles. The van der Waals surface area contributed by atoms with Crippen molar-refractivity contribution >= 4 is 17.7 Å². The predicted molar refractivity (Wildman–Crippen MR) is 68.3 cm³/mol. The molecule has 2 heterocycles. The smallest absolute Gasteiger partial charge is 0.309 e. The number of esters is 1. The van der Waals surface area contributed by atoms with E-state index in [4.69, 9.17) is 10.5 Å². The van der Waals surface area contributed by atoms with Crippen LogP contribution >= 0.6 is 0 Å². The molecule has 2 rings (SSSR count). The average molecular weight is 266 g/mol. The molecule has 1 aliphatic heterocycles. The van der Waals surface area contributed by atoms with Gasteiger partial charge in [0, 0.05) is 19.2 Å². The quantitative estimate of drug-likeness (QED) is 0.771. The molecule has 0 saturated carbocycles. The summed E-state index contributed by atoms with van der Waals surface area (Å²) in [5, 5.41) is 6.33. The van der Waals surface area contributed by atoms with E-state index in [2.05, 4.69) is 10.2 Å². The number of nitrogens with zero attached hydrogens (tertiary/aromatic N) is 2. The van der Waals surface area contributed by atoms with Gasteiger partial charge in [-0.2, -0.15) is 5.10 Å². The number of rotatable bonds is 3. The van der Waals surface area contributed by atoms with Crippen LogP contribution in [0, 0.1) is 5.92 Å². The summed E-state index contributed by atoms with van der Waals surface area (Å²) in [5.74, 6) is -0.104. The van der Waals surface area contributed by atoms with E-state index >= 15 is 0 Å². The van der Waals surface area contributed by atoms with Crippen LogP contribution in [-0.2, 0) is 9.53 Å². The summed E-state index contributed by atoms with van der Waals surface area (Å²) in [7, 11) is 0. The number of nitrogens with one attached hydrogen (secondary N) is 1. The van der Waals surface area contributed by atoms with Crippen molar-refractivity contribution in [3.8, 4) is 0 Å². The van der Waals surface area contributed by atoms with Gasteiger partial charge in [0.25, 0.3) is 5.91 Å². The van der Waals surface area contributed by atoms with Crippen LogP contribution in [0.3, 0.4) is 0 Å². The molecule has 0 spiro atoms. The second kappa shape index (κ2) is 5.73. The zero-order chi connectivity index (χ0) is 13.8. The van der Waals surface area contributed by atoms with E-state index in [1.807, 2.05) is 0 Å². The molecular formula is C12H18N4O3. The summed E-state index contributed by atoms with van der Waals surface area (Å²) >= 11 is 0. The van der Waals surface area contributed by atoms with E-state index < -0.39 is 0 Å². The molecular weight excluding hydrogens is 248 g/mol. The Hall–Kier alpha value is -2.05. The normalized spacial score (nSPS) is 16.4. The molecule has 0 radical (unpaired) electrons. The number of ether oxygens (including phenoxy) is 1. The molecule has 1 amide bonds. The van der Waals surface area contributed by atoms with E-state index in [1.165, 1.54) is 6.07 Å². The van der Waals surface area contributed by atoms with Crippen LogP contribution < -0.4 is 5.73 Å². The lowest BCUT2D eigenvalue weighted by atomic mass is 9.97. The third kappa shape index (κ3) is 3.04. The Morgan fingerprint density at radius 3 is 2.74 bits per heavy atom. The first-order chi connectivity index (χ1) is 9.11. The standard InChI is InChI=1S/C12H18N4O3/c1-2-19-12(18)8-3-5-16(6-4-8)11(17)9-7-10(13)15-14-9/h7-8H,2-6H2,1H3,(H3,13,14,15). The Morgan fingerprint density at radius 2 is 2.21 bits per heavy atom. The Labute approximate surface area is 111 Å². The topological polar surface area (TPSA) is 101 Å². The van der Waals surface area contributed by atoms with E-state index in [1.54, 1.807) is 11.8 Å². The lowest BCUT2D eigenvalue weighted by Crippen LogP contribution is -2.40. The lowest BCUT2D eigenvalue weighted by Gasteiger charge is -2.30. The Bertz CT molecular complexity index is 463. The van der Waals surface area contributed by atoms with E-state index in [0.29, 0.717) is 44.0 Å². The van der Waals surface area contributed by atoms with Gasteiger partial charge in [-0.25, -0.2) is 0 Å². The van der Waals surface area contributed by atoms with Crippen molar-refractivity contribution in [1.82, 2.24) is 15.1 Å². The van der Waals surface area contributed by atoms with E-state index in [0.717, 1.165) is 0 Å². The number of hydrogen-bond donors (Lipinski definition) is 2. The first-order valence-corrected chi connectivity index (χ1v) is 6.38. The minimum absolute atomic E-state index is 0.101. The fourth-order valence-corrected chi connectivity index (χ4v) is 2.20. The number of nitrogen functional groups attached to an aromatic ring is 1. The number of amides is 1. The summed E-state index contributed by atoms with van der Waals surface area (Å²) in [5.41, 5.74) is 5.85. The molecule has 0 aromatic carbocycles. The summed E-state index contributed by atoms with van der Waals surface area (Å²) < 4.78 is 4.99. The second-order valence-corrected chi connectivity index (χ2v) is 4.53. The average Bonchev–Trinajstić information content (AvgIpc) is 2.85. The second-order valence-electron chi connectivity index (χ2n) is 4.53. The molecule has 0 bridgehead atoms. The highest BCUT2D eigenvalue weighted by atomic mass is 16.5. The predicted octanol–water partition coefficient (Wildman–Crippen LogP) is 0.407. The van der Waals surface area contributed by atoms with Gasteiger partial charge in [0.1, 0.15) is 11.5 Å². The number of hydrogen-bond acceptors (Lipinski definition) is 5. The van der Waals surface area contributed by atoms with Crippen molar-refractivity contribution in [2.45, 2.75) is 19.8 Å². The van der Waals surface area contributed by atoms with Crippen molar-refractivity contribution in [2.75, 3.05) is 25.4 Å². The summed E-state index contributed by atoms with van der Waals surface area (Å²) in [4.78, 5) is 25.4. The number of piperidine rings is 1. The summed E-state index contributed by atoms with van der Waals surface area (Å²) in [6.45, 7) is 3.27. The van der Waals surface area contributed by atoms with Gasteiger partial charge >= 0.3 is 5.97 Å². The molecule has 7 nitrogen and oxygen atoms in total. The fourth-order valence-electron chi connectivity index (χ4n) is 2.20. The van der Waals surface area contributed by atoms with Crippen LogP contribution in [0.15, 0.2) is 6.07 Å². The van der Waals surface area contributed by atoms with Gasteiger partial charge in [-0.1, -0.05) is 0 Å². The SMILES string of the molecule is CCOC(=O)C1CCN(C(=O)c2cc(N)n[nH]2)CC1. The highest BCUT2D eigenvalue weighted by molar-refractivity contribution is 5.93. The maximum Gasteiger partial charge on any atom is 0.309 e. The fraction of sp³-hybridized carbons (Fsp3) is 0.583. The molecule has 104 valence electrons. The Balaban J connectivity index is 1.89. The van der Waals surface area contributed by atoms with Gasteiger partial charge < -0.3 is 15.4 Å². The summed E-state index contributed by atoms with van der Waals surface area (Å²) in [6, 6.07) is 1.51. The van der Waals surface area contributed by atoms with Crippen LogP contribution in [0.1, 0.15) is 30.3 Å². The monoisotopic (exact) mass is 266 g/mol. The van der Waals surface area contributed by atoms with Crippen molar-refractivity contribution < 1.29 is 14.3 Å². The van der Waals surface area contributed by atoms with Crippen LogP contribution in [0.4, 0.5) is 5.82 Å². The van der Waals surface area contributed by atoms with Crippen molar-refractivity contribution in [1.29, 1.82) is 0 Å².